The first-order valence-electron chi connectivity index (χ1n) is 8.60. The molecule has 2 atom stereocenters. The van der Waals surface area contributed by atoms with Crippen molar-refractivity contribution in [2.24, 2.45) is 13.0 Å². The second kappa shape index (κ2) is 7.09. The summed E-state index contributed by atoms with van der Waals surface area (Å²) in [7, 11) is 1.89. The van der Waals surface area contributed by atoms with Crippen molar-refractivity contribution in [3.8, 4) is 0 Å². The number of hydrogen-bond acceptors (Lipinski definition) is 5. The predicted molar refractivity (Wildman–Crippen MR) is 96.5 cm³/mol. The molecule has 3 aromatic rings. The largest absolute Gasteiger partial charge is 0.326 e. The van der Waals surface area contributed by atoms with Gasteiger partial charge in [0.05, 0.1) is 18.7 Å². The SMILES string of the molecule is Cn1cc([C@H]2CNC[C@@H]2C(=O)Nc2cccc(Cn3cncn3)c2)cn1. The molecule has 1 aliphatic rings. The van der Waals surface area contributed by atoms with Crippen molar-refractivity contribution in [3.63, 3.8) is 0 Å². The number of aryl methyl sites for hydroxylation is 1. The molecule has 8 heteroatoms. The average molecular weight is 351 g/mol. The summed E-state index contributed by atoms with van der Waals surface area (Å²) >= 11 is 0. The quantitative estimate of drug-likeness (QED) is 0.716. The fraction of sp³-hybridized carbons (Fsp3) is 0.333. The standard InChI is InChI=1S/C18H21N7O/c1-24-10-14(6-21-24)16-7-19-8-17(16)18(26)23-15-4-2-3-13(5-15)9-25-12-20-11-22-25/h2-6,10-12,16-17,19H,7-9H2,1H3,(H,23,26)/t16-,17+/m1/s1. The normalized spacial score (nSPS) is 19.6. The zero-order chi connectivity index (χ0) is 17.9. The van der Waals surface area contributed by atoms with Crippen molar-refractivity contribution < 1.29 is 4.79 Å². The van der Waals surface area contributed by atoms with Gasteiger partial charge < -0.3 is 10.6 Å². The lowest BCUT2D eigenvalue weighted by Crippen LogP contribution is -2.28. The summed E-state index contributed by atoms with van der Waals surface area (Å²) in [6.45, 7) is 2.08. The third-order valence-electron chi connectivity index (χ3n) is 4.71. The first kappa shape index (κ1) is 16.5. The highest BCUT2D eigenvalue weighted by Gasteiger charge is 2.34. The number of amides is 1. The molecule has 3 heterocycles. The molecule has 0 aliphatic carbocycles. The number of aromatic nitrogens is 5. The molecule has 0 radical (unpaired) electrons. The Balaban J connectivity index is 1.45. The Labute approximate surface area is 151 Å². The van der Waals surface area contributed by atoms with Crippen LogP contribution in [0.4, 0.5) is 5.69 Å². The van der Waals surface area contributed by atoms with E-state index in [0.717, 1.165) is 23.4 Å². The molecule has 1 amide bonds. The summed E-state index contributed by atoms with van der Waals surface area (Å²) in [6, 6.07) is 7.82. The first-order chi connectivity index (χ1) is 12.7. The number of nitrogens with one attached hydrogen (secondary N) is 2. The second-order valence-corrected chi connectivity index (χ2v) is 6.60. The van der Waals surface area contributed by atoms with Crippen LogP contribution in [0.1, 0.15) is 17.0 Å². The van der Waals surface area contributed by atoms with Gasteiger partial charge in [-0.2, -0.15) is 10.2 Å². The Morgan fingerprint density at radius 1 is 1.35 bits per heavy atom. The second-order valence-electron chi connectivity index (χ2n) is 6.60. The third kappa shape index (κ3) is 3.50. The first-order valence-corrected chi connectivity index (χ1v) is 8.60. The molecule has 0 bridgehead atoms. The molecule has 8 nitrogen and oxygen atoms in total. The minimum absolute atomic E-state index is 0.0294. The molecule has 1 fully saturated rings. The minimum atomic E-state index is -0.113. The van der Waals surface area contributed by atoms with Crippen LogP contribution in [0.15, 0.2) is 49.3 Å². The van der Waals surface area contributed by atoms with Gasteiger partial charge >= 0.3 is 0 Å². The van der Waals surface area contributed by atoms with E-state index in [1.165, 1.54) is 6.33 Å². The highest BCUT2D eigenvalue weighted by atomic mass is 16.2. The molecule has 0 spiro atoms. The smallest absolute Gasteiger partial charge is 0.229 e. The van der Waals surface area contributed by atoms with E-state index in [1.807, 2.05) is 43.7 Å². The maximum atomic E-state index is 12.8. The van der Waals surface area contributed by atoms with Crippen LogP contribution < -0.4 is 10.6 Å². The summed E-state index contributed by atoms with van der Waals surface area (Å²) in [4.78, 5) is 16.8. The maximum absolute atomic E-state index is 12.8. The summed E-state index contributed by atoms with van der Waals surface area (Å²) in [5, 5.41) is 14.7. The molecule has 26 heavy (non-hydrogen) atoms. The summed E-state index contributed by atoms with van der Waals surface area (Å²) in [5.74, 6) is 0.0574. The average Bonchev–Trinajstić information content (AvgIpc) is 3.36. The number of benzene rings is 1. The van der Waals surface area contributed by atoms with Crippen LogP contribution in [0.25, 0.3) is 0 Å². The monoisotopic (exact) mass is 351 g/mol. The van der Waals surface area contributed by atoms with E-state index < -0.39 is 0 Å². The number of carbonyl (C=O) groups is 1. The molecular formula is C18H21N7O. The molecule has 0 unspecified atom stereocenters. The Morgan fingerprint density at radius 2 is 2.27 bits per heavy atom. The van der Waals surface area contributed by atoms with Crippen molar-refractivity contribution >= 4 is 11.6 Å². The van der Waals surface area contributed by atoms with Gasteiger partial charge in [0.2, 0.25) is 5.91 Å². The van der Waals surface area contributed by atoms with Crippen LogP contribution in [-0.4, -0.2) is 43.5 Å². The molecule has 1 aromatic carbocycles. The highest BCUT2D eigenvalue weighted by Crippen LogP contribution is 2.29. The zero-order valence-corrected chi connectivity index (χ0v) is 14.5. The van der Waals surface area contributed by atoms with E-state index in [2.05, 4.69) is 25.8 Å². The number of rotatable bonds is 5. The topological polar surface area (TPSA) is 89.7 Å². The molecule has 0 saturated carbocycles. The zero-order valence-electron chi connectivity index (χ0n) is 14.5. The number of hydrogen-bond donors (Lipinski definition) is 2. The summed E-state index contributed by atoms with van der Waals surface area (Å²) in [5.41, 5.74) is 2.95. The van der Waals surface area contributed by atoms with Gasteiger partial charge in [-0.3, -0.25) is 9.48 Å². The fourth-order valence-corrected chi connectivity index (χ4v) is 3.42. The Bertz CT molecular complexity index is 887. The van der Waals surface area contributed by atoms with Gasteiger partial charge in [-0.25, -0.2) is 9.67 Å². The molecule has 1 aliphatic heterocycles. The lowest BCUT2D eigenvalue weighted by atomic mass is 9.90. The Kier molecular flexibility index (Phi) is 4.49. The van der Waals surface area contributed by atoms with Crippen molar-refractivity contribution in [1.29, 1.82) is 0 Å². The Hall–Kier alpha value is -3.00. The van der Waals surface area contributed by atoms with Gasteiger partial charge in [0.25, 0.3) is 0 Å². The van der Waals surface area contributed by atoms with Gasteiger partial charge in [-0.15, -0.1) is 0 Å². The van der Waals surface area contributed by atoms with Crippen molar-refractivity contribution in [1.82, 2.24) is 29.9 Å². The van der Waals surface area contributed by atoms with Crippen LogP contribution in [-0.2, 0) is 18.4 Å². The molecule has 2 aromatic heterocycles. The van der Waals surface area contributed by atoms with Crippen LogP contribution in [0.2, 0.25) is 0 Å². The van der Waals surface area contributed by atoms with Crippen LogP contribution >= 0.6 is 0 Å². The maximum Gasteiger partial charge on any atom is 0.229 e. The van der Waals surface area contributed by atoms with E-state index >= 15 is 0 Å². The highest BCUT2D eigenvalue weighted by molar-refractivity contribution is 5.93. The van der Waals surface area contributed by atoms with Crippen molar-refractivity contribution in [3.05, 3.63) is 60.4 Å². The van der Waals surface area contributed by atoms with Crippen LogP contribution in [0.5, 0.6) is 0 Å². The summed E-state index contributed by atoms with van der Waals surface area (Å²) < 4.78 is 3.52. The van der Waals surface area contributed by atoms with Crippen molar-refractivity contribution in [2.45, 2.75) is 12.5 Å². The van der Waals surface area contributed by atoms with Crippen molar-refractivity contribution in [2.75, 3.05) is 18.4 Å². The number of nitrogens with zero attached hydrogens (tertiary/aromatic N) is 5. The van der Waals surface area contributed by atoms with E-state index in [0.29, 0.717) is 13.1 Å². The van der Waals surface area contributed by atoms with E-state index in [1.54, 1.807) is 15.7 Å². The molecule has 2 N–H and O–H groups in total. The molecule has 1 saturated heterocycles. The lowest BCUT2D eigenvalue weighted by Gasteiger charge is -2.17. The van der Waals surface area contributed by atoms with E-state index in [9.17, 15) is 4.79 Å². The van der Waals surface area contributed by atoms with Crippen LogP contribution in [0, 0.1) is 5.92 Å². The molecule has 134 valence electrons. The lowest BCUT2D eigenvalue weighted by molar-refractivity contribution is -0.119. The third-order valence-corrected chi connectivity index (χ3v) is 4.71. The van der Waals surface area contributed by atoms with E-state index in [4.69, 9.17) is 0 Å². The van der Waals surface area contributed by atoms with Gasteiger partial charge in [0.1, 0.15) is 12.7 Å². The fourth-order valence-electron chi connectivity index (χ4n) is 3.42. The summed E-state index contributed by atoms with van der Waals surface area (Å²) in [6.07, 6.45) is 7.01. The number of anilines is 1. The Morgan fingerprint density at radius 3 is 3.04 bits per heavy atom. The van der Waals surface area contributed by atoms with E-state index in [-0.39, 0.29) is 17.7 Å². The van der Waals surface area contributed by atoms with Crippen LogP contribution in [0.3, 0.4) is 0 Å². The molecule has 4 rings (SSSR count). The van der Waals surface area contributed by atoms with Gasteiger partial charge in [-0.05, 0) is 23.3 Å². The minimum Gasteiger partial charge on any atom is -0.326 e. The number of carbonyl (C=O) groups excluding carboxylic acids is 1. The predicted octanol–water partition coefficient (Wildman–Crippen LogP) is 1.00. The van der Waals surface area contributed by atoms with Gasteiger partial charge in [0, 0.05) is 37.9 Å². The van der Waals surface area contributed by atoms with Gasteiger partial charge in [-0.1, -0.05) is 12.1 Å². The van der Waals surface area contributed by atoms with Gasteiger partial charge in [0.15, 0.2) is 0 Å². The molecular weight excluding hydrogens is 330 g/mol.